The van der Waals surface area contributed by atoms with Gasteiger partial charge in [0.1, 0.15) is 0 Å². The van der Waals surface area contributed by atoms with Crippen LogP contribution in [0.3, 0.4) is 0 Å². The molecule has 78 valence electrons. The lowest BCUT2D eigenvalue weighted by atomic mass is 10.1. The average molecular weight is 210 g/mol. The summed E-state index contributed by atoms with van der Waals surface area (Å²) >= 11 is 4.28. The molecule has 1 atom stereocenters. The van der Waals surface area contributed by atoms with Crippen molar-refractivity contribution in [1.29, 1.82) is 0 Å². The van der Waals surface area contributed by atoms with E-state index in [2.05, 4.69) is 31.7 Å². The molecule has 1 aromatic carbocycles. The molecule has 1 rings (SSSR count). The van der Waals surface area contributed by atoms with E-state index in [-0.39, 0.29) is 0 Å². The van der Waals surface area contributed by atoms with Gasteiger partial charge in [-0.1, -0.05) is 43.7 Å². The Hall–Kier alpha value is -0.470. The molecule has 0 amide bonds. The van der Waals surface area contributed by atoms with E-state index in [0.29, 0.717) is 12.5 Å². The molecular weight excluding hydrogens is 192 g/mol. The number of rotatable bonds is 6. The summed E-state index contributed by atoms with van der Waals surface area (Å²) in [5.41, 5.74) is 1.24. The van der Waals surface area contributed by atoms with Crippen molar-refractivity contribution in [2.45, 2.75) is 20.0 Å². The first-order chi connectivity index (χ1) is 6.86. The van der Waals surface area contributed by atoms with Gasteiger partial charge in [-0.3, -0.25) is 0 Å². The van der Waals surface area contributed by atoms with Crippen LogP contribution >= 0.6 is 12.6 Å². The van der Waals surface area contributed by atoms with Crippen LogP contribution in [-0.2, 0) is 11.3 Å². The van der Waals surface area contributed by atoms with Gasteiger partial charge in [0.25, 0.3) is 0 Å². The van der Waals surface area contributed by atoms with E-state index in [9.17, 15) is 0 Å². The Morgan fingerprint density at radius 3 is 2.57 bits per heavy atom. The smallest absolute Gasteiger partial charge is 0.0717 e. The third kappa shape index (κ3) is 4.16. The minimum absolute atomic E-state index is 0.585. The molecule has 0 aromatic heterocycles. The highest BCUT2D eigenvalue weighted by atomic mass is 32.1. The van der Waals surface area contributed by atoms with Crippen LogP contribution in [0.1, 0.15) is 18.9 Å². The molecule has 0 aliphatic heterocycles. The van der Waals surface area contributed by atoms with Crippen LogP contribution in [0.2, 0.25) is 0 Å². The Bertz CT molecular complexity index is 231. The molecule has 0 spiro atoms. The number of ether oxygens (including phenoxy) is 1. The predicted octanol–water partition coefficient (Wildman–Crippen LogP) is 3.16. The van der Waals surface area contributed by atoms with Gasteiger partial charge in [0.2, 0.25) is 0 Å². The van der Waals surface area contributed by atoms with E-state index in [4.69, 9.17) is 4.74 Å². The third-order valence-electron chi connectivity index (χ3n) is 2.30. The summed E-state index contributed by atoms with van der Waals surface area (Å²) in [6, 6.07) is 10.3. The van der Waals surface area contributed by atoms with Gasteiger partial charge >= 0.3 is 0 Å². The molecule has 1 unspecified atom stereocenters. The van der Waals surface area contributed by atoms with Crippen LogP contribution in [0.25, 0.3) is 0 Å². The average Bonchev–Trinajstić information content (AvgIpc) is 2.26. The molecule has 0 bridgehead atoms. The van der Waals surface area contributed by atoms with Crippen molar-refractivity contribution in [2.75, 3.05) is 12.4 Å². The number of hydrogen-bond acceptors (Lipinski definition) is 2. The van der Waals surface area contributed by atoms with E-state index in [1.54, 1.807) is 0 Å². The van der Waals surface area contributed by atoms with Crippen molar-refractivity contribution >= 4 is 12.6 Å². The topological polar surface area (TPSA) is 9.23 Å². The summed E-state index contributed by atoms with van der Waals surface area (Å²) in [6.45, 7) is 3.70. The molecule has 0 N–H and O–H groups in total. The first-order valence-corrected chi connectivity index (χ1v) is 5.72. The number of benzene rings is 1. The Balaban J connectivity index is 2.21. The second kappa shape index (κ2) is 6.91. The second-order valence-corrected chi connectivity index (χ2v) is 3.82. The third-order valence-corrected chi connectivity index (χ3v) is 2.82. The van der Waals surface area contributed by atoms with Crippen LogP contribution in [0.4, 0.5) is 0 Å². The quantitative estimate of drug-likeness (QED) is 0.710. The van der Waals surface area contributed by atoms with Crippen LogP contribution in [-0.4, -0.2) is 12.4 Å². The fourth-order valence-electron chi connectivity index (χ4n) is 1.22. The zero-order valence-electron chi connectivity index (χ0n) is 8.65. The van der Waals surface area contributed by atoms with Gasteiger partial charge in [-0.05, 0) is 17.2 Å². The highest BCUT2D eigenvalue weighted by Crippen LogP contribution is 2.07. The lowest BCUT2D eigenvalue weighted by molar-refractivity contribution is 0.0924. The lowest BCUT2D eigenvalue weighted by Gasteiger charge is -2.11. The van der Waals surface area contributed by atoms with E-state index in [1.165, 1.54) is 5.56 Å². The van der Waals surface area contributed by atoms with Gasteiger partial charge in [-0.25, -0.2) is 0 Å². The van der Waals surface area contributed by atoms with Crippen molar-refractivity contribution in [2.24, 2.45) is 5.92 Å². The summed E-state index contributed by atoms with van der Waals surface area (Å²) in [5.74, 6) is 1.49. The summed E-state index contributed by atoms with van der Waals surface area (Å²) in [7, 11) is 0. The van der Waals surface area contributed by atoms with Crippen molar-refractivity contribution in [3.63, 3.8) is 0 Å². The molecule has 0 aliphatic rings. The highest BCUT2D eigenvalue weighted by molar-refractivity contribution is 7.80. The molecule has 1 nitrogen and oxygen atoms in total. The fraction of sp³-hybridized carbons (Fsp3) is 0.500. The molecule has 0 aliphatic carbocycles. The molecule has 0 heterocycles. The fourth-order valence-corrected chi connectivity index (χ4v) is 1.58. The molecule has 0 radical (unpaired) electrons. The maximum absolute atomic E-state index is 5.61. The minimum atomic E-state index is 0.585. The Morgan fingerprint density at radius 2 is 2.00 bits per heavy atom. The summed E-state index contributed by atoms with van der Waals surface area (Å²) < 4.78 is 5.61. The molecule has 0 saturated carbocycles. The monoisotopic (exact) mass is 210 g/mol. The summed E-state index contributed by atoms with van der Waals surface area (Å²) in [4.78, 5) is 0. The van der Waals surface area contributed by atoms with Crippen LogP contribution in [0, 0.1) is 5.92 Å². The van der Waals surface area contributed by atoms with Gasteiger partial charge < -0.3 is 4.74 Å². The zero-order valence-corrected chi connectivity index (χ0v) is 9.54. The van der Waals surface area contributed by atoms with Crippen molar-refractivity contribution < 1.29 is 4.74 Å². The molecule has 1 aromatic rings. The normalized spacial score (nSPS) is 12.7. The predicted molar refractivity (Wildman–Crippen MR) is 63.7 cm³/mol. The molecule has 0 saturated heterocycles. The van der Waals surface area contributed by atoms with Gasteiger partial charge in [-0.15, -0.1) is 0 Å². The van der Waals surface area contributed by atoms with Crippen molar-refractivity contribution in [1.82, 2.24) is 0 Å². The maximum atomic E-state index is 5.61. The van der Waals surface area contributed by atoms with Crippen molar-refractivity contribution in [3.05, 3.63) is 35.9 Å². The lowest BCUT2D eigenvalue weighted by Crippen LogP contribution is -2.10. The van der Waals surface area contributed by atoms with Crippen LogP contribution in [0.15, 0.2) is 30.3 Å². The molecular formula is C12H18OS. The summed E-state index contributed by atoms with van der Waals surface area (Å²) in [6.07, 6.45) is 1.14. The number of thiol groups is 1. The van der Waals surface area contributed by atoms with E-state index >= 15 is 0 Å². The molecule has 0 fully saturated rings. The van der Waals surface area contributed by atoms with E-state index in [1.807, 2.05) is 18.2 Å². The van der Waals surface area contributed by atoms with Gasteiger partial charge in [0, 0.05) is 0 Å². The standard InChI is InChI=1S/C12H18OS/c1-2-11(10-14)8-13-9-12-6-4-3-5-7-12/h3-7,11,14H,2,8-10H2,1H3. The van der Waals surface area contributed by atoms with E-state index < -0.39 is 0 Å². The SMILES string of the molecule is CCC(CS)COCc1ccccc1. The largest absolute Gasteiger partial charge is 0.376 e. The van der Waals surface area contributed by atoms with E-state index in [0.717, 1.165) is 18.8 Å². The first kappa shape index (κ1) is 11.6. The van der Waals surface area contributed by atoms with Gasteiger partial charge in [0.15, 0.2) is 0 Å². The van der Waals surface area contributed by atoms with Crippen molar-refractivity contribution in [3.8, 4) is 0 Å². The van der Waals surface area contributed by atoms with Crippen LogP contribution in [0.5, 0.6) is 0 Å². The maximum Gasteiger partial charge on any atom is 0.0717 e. The number of hydrogen-bond donors (Lipinski definition) is 1. The molecule has 2 heteroatoms. The highest BCUT2D eigenvalue weighted by Gasteiger charge is 2.03. The van der Waals surface area contributed by atoms with Gasteiger partial charge in [0.05, 0.1) is 13.2 Å². The Morgan fingerprint density at radius 1 is 1.29 bits per heavy atom. The second-order valence-electron chi connectivity index (χ2n) is 3.46. The summed E-state index contributed by atoms with van der Waals surface area (Å²) in [5, 5.41) is 0. The van der Waals surface area contributed by atoms with Gasteiger partial charge in [-0.2, -0.15) is 12.6 Å². The van der Waals surface area contributed by atoms with Crippen LogP contribution < -0.4 is 0 Å². The molecule has 14 heavy (non-hydrogen) atoms. The zero-order chi connectivity index (χ0) is 10.2. The minimum Gasteiger partial charge on any atom is -0.376 e. The first-order valence-electron chi connectivity index (χ1n) is 5.09. The Kier molecular flexibility index (Phi) is 5.72. The Labute approximate surface area is 91.9 Å².